The molecule has 28 heavy (non-hydrogen) atoms. The van der Waals surface area contributed by atoms with Gasteiger partial charge in [0.25, 0.3) is 0 Å². The topological polar surface area (TPSA) is 60.8 Å². The van der Waals surface area contributed by atoms with Gasteiger partial charge in [-0.05, 0) is 0 Å². The van der Waals surface area contributed by atoms with Crippen molar-refractivity contribution in [2.45, 2.75) is 27.7 Å². The first-order valence-electron chi connectivity index (χ1n) is 8.54. The standard InChI is InChI=1S/C14H10N2.C9H11.ClH.Fe.H3N/c1-2-12-8-7-11-6-5-10-4-3-9-15-13(10)14(11)16-12;1-7-4-8(2)6-9(3)5-7;;;/h3-9H,1H3;4-5H,1-3H3;1H;;1H3/q;-1;;+1;. The molecule has 0 bridgehead atoms. The molecule has 3 N–H and O–H groups in total. The van der Waals surface area contributed by atoms with Crippen LogP contribution in [0.4, 0.5) is 0 Å². The van der Waals surface area contributed by atoms with E-state index in [-0.39, 0.29) is 18.6 Å². The minimum Gasteiger partial charge on any atom is -0.344 e. The molecule has 2 aromatic heterocycles. The zero-order valence-electron chi connectivity index (χ0n) is 16.6. The van der Waals surface area contributed by atoms with Gasteiger partial charge in [-0.15, -0.1) is 12.4 Å². The van der Waals surface area contributed by atoms with Crippen molar-refractivity contribution >= 4 is 38.6 Å². The molecule has 5 heteroatoms. The van der Waals surface area contributed by atoms with Crippen LogP contribution in [0.3, 0.4) is 0 Å². The van der Waals surface area contributed by atoms with Crippen LogP contribution in [0.5, 0.6) is 0 Å². The number of hydrogen-bond acceptors (Lipinski definition) is 3. The Morgan fingerprint density at radius 2 is 1.46 bits per heavy atom. The number of pyridine rings is 2. The van der Waals surface area contributed by atoms with Crippen LogP contribution in [0.25, 0.3) is 21.8 Å². The maximum atomic E-state index is 4.64. The van der Waals surface area contributed by atoms with Crippen molar-refractivity contribution in [1.29, 1.82) is 0 Å². The van der Waals surface area contributed by atoms with Gasteiger partial charge in [-0.3, -0.25) is 0 Å². The van der Waals surface area contributed by atoms with Crippen LogP contribution in [-0.2, 0) is 15.6 Å². The number of hydrogen-bond donors (Lipinski definition) is 1. The first-order chi connectivity index (χ1) is 12.4. The van der Waals surface area contributed by atoms with Crippen LogP contribution < -0.4 is 6.15 Å². The maximum Gasteiger partial charge on any atom is -0.0626 e. The Balaban J connectivity index is 0.000000308. The van der Waals surface area contributed by atoms with Crippen LogP contribution in [0.15, 0.2) is 54.7 Å². The molecule has 0 unspecified atom stereocenters. The Kier molecular flexibility index (Phi) is 8.93. The van der Waals surface area contributed by atoms with E-state index in [9.17, 15) is 0 Å². The number of aromatic nitrogens is 2. The van der Waals surface area contributed by atoms with Gasteiger partial charge in [-0.1, -0.05) is 20.8 Å². The van der Waals surface area contributed by atoms with Crippen molar-refractivity contribution in [3.63, 3.8) is 0 Å². The first kappa shape index (κ1) is 23.9. The van der Waals surface area contributed by atoms with Gasteiger partial charge in [-0.25, -0.2) is 0 Å². The van der Waals surface area contributed by atoms with Crippen LogP contribution in [-0.4, -0.2) is 14.4 Å². The molecule has 4 aromatic rings. The second-order valence-electron chi connectivity index (χ2n) is 6.45. The zero-order valence-corrected chi connectivity index (χ0v) is 18.5. The largest absolute Gasteiger partial charge is 0.344 e. The second kappa shape index (κ2) is 10.4. The Labute approximate surface area is 181 Å². The van der Waals surface area contributed by atoms with Crippen molar-refractivity contribution in [3.8, 4) is 0 Å². The average Bonchev–Trinajstić information content (AvgIpc) is 2.60. The number of halogens is 1. The zero-order chi connectivity index (χ0) is 18.7. The molecule has 0 aliphatic heterocycles. The van der Waals surface area contributed by atoms with E-state index >= 15 is 0 Å². The Hall–Kier alpha value is -2.10. The SMILES string of the molecule is C[C](=[Fe+])c1ccc2ccc3cccnc3c2n1.Cc1[c-]c(C)cc(C)c1.Cl.N. The van der Waals surface area contributed by atoms with Crippen LogP contribution in [0.2, 0.25) is 0 Å². The molecule has 0 aliphatic rings. The van der Waals surface area contributed by atoms with E-state index < -0.39 is 0 Å². The molecule has 0 atom stereocenters. The summed E-state index contributed by atoms with van der Waals surface area (Å²) in [5.41, 5.74) is 6.61. The Morgan fingerprint density at radius 3 is 2.04 bits per heavy atom. The maximum absolute atomic E-state index is 4.64. The molecule has 0 spiro atoms. The van der Waals surface area contributed by atoms with Crippen LogP contribution in [0, 0.1) is 26.8 Å². The summed E-state index contributed by atoms with van der Waals surface area (Å²) in [5.74, 6) is 0. The normalized spacial score (nSPS) is 9.71. The van der Waals surface area contributed by atoms with Crippen molar-refractivity contribution in [2.75, 3.05) is 0 Å². The van der Waals surface area contributed by atoms with E-state index in [0.717, 1.165) is 31.9 Å². The van der Waals surface area contributed by atoms with Crippen LogP contribution >= 0.6 is 12.4 Å². The minimum atomic E-state index is 0. The van der Waals surface area contributed by atoms with Gasteiger partial charge in [0.1, 0.15) is 0 Å². The van der Waals surface area contributed by atoms with Gasteiger partial charge >= 0.3 is 107 Å². The number of aryl methyl sites for hydroxylation is 3. The fourth-order valence-electron chi connectivity index (χ4n) is 3.02. The van der Waals surface area contributed by atoms with E-state index in [1.807, 2.05) is 19.1 Å². The molecule has 2 heterocycles. The molecule has 2 aromatic carbocycles. The molecule has 3 nitrogen and oxygen atoms in total. The summed E-state index contributed by atoms with van der Waals surface area (Å²) in [6, 6.07) is 19.7. The molecular weight excluding hydrogens is 410 g/mol. The molecule has 4 rings (SSSR count). The van der Waals surface area contributed by atoms with Crippen molar-refractivity contribution in [3.05, 3.63) is 83.2 Å². The monoisotopic (exact) mass is 434 g/mol. The summed E-state index contributed by atoms with van der Waals surface area (Å²) < 4.78 is 0.972. The van der Waals surface area contributed by atoms with Crippen LogP contribution in [0.1, 0.15) is 29.3 Å². The van der Waals surface area contributed by atoms with Crippen molar-refractivity contribution in [1.82, 2.24) is 16.1 Å². The van der Waals surface area contributed by atoms with Crippen molar-refractivity contribution in [2.24, 2.45) is 0 Å². The summed E-state index contributed by atoms with van der Waals surface area (Å²) in [7, 11) is 0. The number of benzene rings is 2. The van der Waals surface area contributed by atoms with Gasteiger partial charge in [0.15, 0.2) is 0 Å². The molecular formula is C23H25ClFeN3. The summed E-state index contributed by atoms with van der Waals surface area (Å²) in [5, 5.41) is 2.23. The summed E-state index contributed by atoms with van der Waals surface area (Å²) in [6.07, 6.45) is 1.80. The predicted octanol–water partition coefficient (Wildman–Crippen LogP) is 5.87. The number of fused-ring (bicyclic) bond motifs is 3. The third-order valence-electron chi connectivity index (χ3n) is 4.06. The van der Waals surface area contributed by atoms with Gasteiger partial charge in [-0.2, -0.15) is 34.9 Å². The Bertz CT molecular complexity index is 1060. The van der Waals surface area contributed by atoms with Gasteiger partial charge in [0, 0.05) is 0 Å². The summed E-state index contributed by atoms with van der Waals surface area (Å²) in [4.78, 5) is 9.06. The summed E-state index contributed by atoms with van der Waals surface area (Å²) in [6.45, 7) is 8.21. The average molecular weight is 435 g/mol. The third kappa shape index (κ3) is 5.70. The quantitative estimate of drug-likeness (QED) is 0.232. The molecule has 0 amide bonds. The molecule has 0 fully saturated rings. The molecule has 0 radical (unpaired) electrons. The van der Waals surface area contributed by atoms with Gasteiger partial charge < -0.3 is 6.15 Å². The predicted molar refractivity (Wildman–Crippen MR) is 119 cm³/mol. The smallest absolute Gasteiger partial charge is 0.0626 e. The van der Waals surface area contributed by atoms with Gasteiger partial charge in [0.05, 0.1) is 0 Å². The Morgan fingerprint density at radius 1 is 0.893 bits per heavy atom. The van der Waals surface area contributed by atoms with E-state index in [1.54, 1.807) is 6.20 Å². The van der Waals surface area contributed by atoms with E-state index in [1.165, 1.54) is 16.7 Å². The first-order valence-corrected chi connectivity index (χ1v) is 9.09. The van der Waals surface area contributed by atoms with E-state index in [2.05, 4.69) is 88.8 Å². The van der Waals surface area contributed by atoms with E-state index in [0.29, 0.717) is 0 Å². The second-order valence-corrected chi connectivity index (χ2v) is 7.28. The number of nitrogens with zero attached hydrogens (tertiary/aromatic N) is 2. The van der Waals surface area contributed by atoms with E-state index in [4.69, 9.17) is 0 Å². The third-order valence-corrected chi connectivity index (χ3v) is 4.34. The summed E-state index contributed by atoms with van der Waals surface area (Å²) >= 11 is 3.93. The molecule has 147 valence electrons. The minimum absolute atomic E-state index is 0. The number of rotatable bonds is 1. The molecule has 0 saturated heterocycles. The molecule has 0 aliphatic carbocycles. The fraction of sp³-hybridized carbons (Fsp3) is 0.174. The van der Waals surface area contributed by atoms with Gasteiger partial charge in [0.2, 0.25) is 0 Å². The molecule has 0 saturated carbocycles. The fourth-order valence-corrected chi connectivity index (χ4v) is 3.17. The van der Waals surface area contributed by atoms with Crippen molar-refractivity contribution < 1.29 is 15.6 Å².